The largest absolute Gasteiger partial charge is 0.467 e. The highest BCUT2D eigenvalue weighted by Crippen LogP contribution is 2.19. The van der Waals surface area contributed by atoms with Gasteiger partial charge in [0.05, 0.1) is 12.7 Å². The first-order valence-corrected chi connectivity index (χ1v) is 9.55. The van der Waals surface area contributed by atoms with E-state index in [-0.39, 0.29) is 6.42 Å². The Morgan fingerprint density at radius 1 is 1.10 bits per heavy atom. The van der Waals surface area contributed by atoms with E-state index < -0.39 is 30.5 Å². The normalized spacial score (nSPS) is 11.7. The Bertz CT molecular complexity index is 1090. The first-order chi connectivity index (χ1) is 14.4. The van der Waals surface area contributed by atoms with Crippen LogP contribution in [0.4, 0.5) is 0 Å². The topological polar surface area (TPSA) is 97.5 Å². The second-order valence-corrected chi connectivity index (χ2v) is 7.10. The molecule has 1 amide bonds. The van der Waals surface area contributed by atoms with Crippen molar-refractivity contribution >= 4 is 28.7 Å². The Morgan fingerprint density at radius 2 is 1.87 bits per heavy atom. The predicted octanol–water partition coefficient (Wildman–Crippen LogP) is 2.84. The summed E-state index contributed by atoms with van der Waals surface area (Å²) in [4.78, 5) is 40.0. The number of rotatable bonds is 7. The smallest absolute Gasteiger partial charge is 0.338 e. The number of aromatic nitrogens is 1. The van der Waals surface area contributed by atoms with Gasteiger partial charge in [-0.25, -0.2) is 9.59 Å². The number of fused-ring (bicyclic) bond motifs is 1. The number of amides is 1. The van der Waals surface area contributed by atoms with Crippen molar-refractivity contribution in [3.05, 3.63) is 70.9 Å². The van der Waals surface area contributed by atoms with E-state index in [1.54, 1.807) is 19.2 Å². The highest BCUT2D eigenvalue weighted by molar-refractivity contribution is 5.93. The molecular formula is C23H24N2O5. The summed E-state index contributed by atoms with van der Waals surface area (Å²) < 4.78 is 9.96. The molecule has 0 bridgehead atoms. The summed E-state index contributed by atoms with van der Waals surface area (Å²) in [6.07, 6.45) is 2.04. The first-order valence-electron chi connectivity index (χ1n) is 9.55. The zero-order valence-corrected chi connectivity index (χ0v) is 17.2. The molecule has 0 aliphatic heterocycles. The number of hydrogen-bond donors (Lipinski definition) is 2. The maximum atomic E-state index is 12.3. The van der Waals surface area contributed by atoms with E-state index in [9.17, 15) is 14.4 Å². The van der Waals surface area contributed by atoms with Gasteiger partial charge in [0.1, 0.15) is 6.04 Å². The van der Waals surface area contributed by atoms with E-state index >= 15 is 0 Å². The highest BCUT2D eigenvalue weighted by Gasteiger charge is 2.24. The lowest BCUT2D eigenvalue weighted by Crippen LogP contribution is -2.44. The Hall–Kier alpha value is -3.61. The Kier molecular flexibility index (Phi) is 6.51. The van der Waals surface area contributed by atoms with Crippen LogP contribution in [0.3, 0.4) is 0 Å². The Balaban J connectivity index is 1.65. The highest BCUT2D eigenvalue weighted by atomic mass is 16.5. The van der Waals surface area contributed by atoms with Gasteiger partial charge in [0.2, 0.25) is 0 Å². The third-order valence-electron chi connectivity index (χ3n) is 4.87. The van der Waals surface area contributed by atoms with Crippen molar-refractivity contribution in [1.82, 2.24) is 10.3 Å². The maximum Gasteiger partial charge on any atom is 0.338 e. The van der Waals surface area contributed by atoms with E-state index in [1.807, 2.05) is 43.3 Å². The van der Waals surface area contributed by atoms with Crippen LogP contribution in [0.5, 0.6) is 0 Å². The molecule has 1 atom stereocenters. The molecule has 1 heterocycles. The molecule has 0 radical (unpaired) electrons. The summed E-state index contributed by atoms with van der Waals surface area (Å²) in [6, 6.07) is 12.2. The van der Waals surface area contributed by atoms with E-state index in [4.69, 9.17) is 9.47 Å². The van der Waals surface area contributed by atoms with Crippen molar-refractivity contribution in [2.45, 2.75) is 26.3 Å². The maximum absolute atomic E-state index is 12.3. The molecule has 156 valence electrons. The van der Waals surface area contributed by atoms with Gasteiger partial charge in [-0.1, -0.05) is 35.9 Å². The van der Waals surface area contributed by atoms with Crippen LogP contribution in [0, 0.1) is 13.8 Å². The number of para-hydroxylation sites is 1. The molecule has 0 aliphatic rings. The van der Waals surface area contributed by atoms with E-state index in [2.05, 4.69) is 10.3 Å². The molecule has 30 heavy (non-hydrogen) atoms. The second-order valence-electron chi connectivity index (χ2n) is 7.10. The number of ether oxygens (including phenoxy) is 2. The summed E-state index contributed by atoms with van der Waals surface area (Å²) in [6.45, 7) is 3.17. The van der Waals surface area contributed by atoms with E-state index in [0.717, 1.165) is 27.6 Å². The third kappa shape index (κ3) is 4.86. The van der Waals surface area contributed by atoms with Crippen LogP contribution >= 0.6 is 0 Å². The van der Waals surface area contributed by atoms with Crippen LogP contribution < -0.4 is 5.32 Å². The lowest BCUT2D eigenvalue weighted by atomic mass is 10.0. The molecule has 0 saturated carbocycles. The lowest BCUT2D eigenvalue weighted by molar-refractivity contribution is -0.145. The molecule has 3 aromatic rings. The monoisotopic (exact) mass is 408 g/mol. The first kappa shape index (κ1) is 21.1. The van der Waals surface area contributed by atoms with E-state index in [0.29, 0.717) is 5.56 Å². The number of aromatic amines is 1. The van der Waals surface area contributed by atoms with Gasteiger partial charge >= 0.3 is 11.9 Å². The van der Waals surface area contributed by atoms with Crippen LogP contribution in [0.2, 0.25) is 0 Å². The summed E-state index contributed by atoms with van der Waals surface area (Å²) in [7, 11) is 1.26. The molecule has 0 fully saturated rings. The van der Waals surface area contributed by atoms with Gasteiger partial charge < -0.3 is 19.8 Å². The number of methoxy groups -OCH3 is 1. The van der Waals surface area contributed by atoms with Crippen molar-refractivity contribution in [2.75, 3.05) is 13.7 Å². The van der Waals surface area contributed by atoms with Crippen LogP contribution in [0.15, 0.2) is 48.7 Å². The van der Waals surface area contributed by atoms with Gasteiger partial charge in [0, 0.05) is 23.5 Å². The van der Waals surface area contributed by atoms with Gasteiger partial charge in [-0.3, -0.25) is 4.79 Å². The Labute approximate surface area is 174 Å². The number of esters is 2. The zero-order chi connectivity index (χ0) is 21.7. The fraction of sp³-hybridized carbons (Fsp3) is 0.261. The molecule has 2 aromatic carbocycles. The minimum Gasteiger partial charge on any atom is -0.467 e. The van der Waals surface area contributed by atoms with Gasteiger partial charge in [0.15, 0.2) is 6.61 Å². The molecule has 3 rings (SSSR count). The van der Waals surface area contributed by atoms with Crippen molar-refractivity contribution in [1.29, 1.82) is 0 Å². The molecule has 0 spiro atoms. The molecular weight excluding hydrogens is 384 g/mol. The number of H-pyrrole nitrogens is 1. The van der Waals surface area contributed by atoms with E-state index in [1.165, 1.54) is 7.11 Å². The van der Waals surface area contributed by atoms with Crippen molar-refractivity contribution in [3.63, 3.8) is 0 Å². The zero-order valence-electron chi connectivity index (χ0n) is 17.2. The Morgan fingerprint density at radius 3 is 2.63 bits per heavy atom. The van der Waals surface area contributed by atoms with Gasteiger partial charge in [-0.15, -0.1) is 0 Å². The van der Waals surface area contributed by atoms with Crippen LogP contribution in [0.25, 0.3) is 10.9 Å². The molecule has 0 saturated heterocycles. The van der Waals surface area contributed by atoms with Crippen LogP contribution in [0.1, 0.15) is 27.0 Å². The molecule has 2 N–H and O–H groups in total. The predicted molar refractivity (Wildman–Crippen MR) is 112 cm³/mol. The minimum absolute atomic E-state index is 0.243. The van der Waals surface area contributed by atoms with Gasteiger partial charge in [-0.2, -0.15) is 0 Å². The molecule has 1 aromatic heterocycles. The summed E-state index contributed by atoms with van der Waals surface area (Å²) in [5.74, 6) is -1.74. The molecule has 7 nitrogen and oxygen atoms in total. The number of hydrogen-bond acceptors (Lipinski definition) is 5. The van der Waals surface area contributed by atoms with Gasteiger partial charge in [0.25, 0.3) is 5.91 Å². The van der Waals surface area contributed by atoms with Crippen LogP contribution in [-0.2, 0) is 25.5 Å². The molecule has 0 aliphatic carbocycles. The number of aryl methyl sites for hydroxylation is 2. The molecule has 0 unspecified atom stereocenters. The summed E-state index contributed by atoms with van der Waals surface area (Å²) in [5.41, 5.74) is 3.89. The fourth-order valence-corrected chi connectivity index (χ4v) is 3.26. The number of nitrogens with one attached hydrogen (secondary N) is 2. The number of carbonyl (C=O) groups excluding carboxylic acids is 3. The summed E-state index contributed by atoms with van der Waals surface area (Å²) in [5, 5.41) is 3.56. The van der Waals surface area contributed by atoms with Crippen molar-refractivity contribution in [2.24, 2.45) is 0 Å². The second kappa shape index (κ2) is 9.26. The SMILES string of the molecule is COC(=O)[C@@H](Cc1c[nH]c2ccccc12)NC(=O)COC(=O)c1cc(C)ccc1C. The minimum atomic E-state index is -0.902. The van der Waals surface area contributed by atoms with Crippen molar-refractivity contribution < 1.29 is 23.9 Å². The quantitative estimate of drug-likeness (QED) is 0.586. The average molecular weight is 408 g/mol. The van der Waals surface area contributed by atoms with Gasteiger partial charge in [-0.05, 0) is 37.1 Å². The average Bonchev–Trinajstić information content (AvgIpc) is 3.15. The summed E-state index contributed by atoms with van der Waals surface area (Å²) >= 11 is 0. The number of benzene rings is 2. The standard InChI is InChI=1S/C23H24N2O5/c1-14-8-9-15(2)18(10-14)22(27)30-13-21(26)25-20(23(28)29-3)11-16-12-24-19-7-5-4-6-17(16)19/h4-10,12,20,24H,11,13H2,1-3H3,(H,25,26)/t20-/m1/s1. The fourth-order valence-electron chi connectivity index (χ4n) is 3.26. The lowest BCUT2D eigenvalue weighted by Gasteiger charge is -2.16. The molecule has 7 heteroatoms. The third-order valence-corrected chi connectivity index (χ3v) is 4.87. The van der Waals surface area contributed by atoms with Crippen molar-refractivity contribution in [3.8, 4) is 0 Å². The number of carbonyl (C=O) groups is 3. The van der Waals surface area contributed by atoms with Crippen LogP contribution in [-0.4, -0.2) is 42.6 Å².